The highest BCUT2D eigenvalue weighted by molar-refractivity contribution is 5.92. The number of nitrogens with zero attached hydrogens (tertiary/aromatic N) is 2. The number of guanidine groups is 1. The second kappa shape index (κ2) is 7.64. The van der Waals surface area contributed by atoms with E-state index in [1.54, 1.807) is 0 Å². The van der Waals surface area contributed by atoms with Crippen LogP contribution in [0.4, 0.5) is 5.69 Å². The lowest BCUT2D eigenvalue weighted by Crippen LogP contribution is -2.25. The van der Waals surface area contributed by atoms with Crippen LogP contribution >= 0.6 is 0 Å². The van der Waals surface area contributed by atoms with Crippen LogP contribution < -0.4 is 11.1 Å². The SMILES string of the molecule is NC(=NCCCC(=O)N1Cc2ccccc2C1)Nc1ccccc1. The number of nitrogens with two attached hydrogens (primary N) is 1. The zero-order valence-corrected chi connectivity index (χ0v) is 13.6. The monoisotopic (exact) mass is 322 g/mol. The zero-order valence-electron chi connectivity index (χ0n) is 13.6. The molecule has 0 bridgehead atoms. The first-order valence-electron chi connectivity index (χ1n) is 8.19. The Balaban J connectivity index is 1.40. The molecule has 1 amide bonds. The Morgan fingerprint density at radius 3 is 2.33 bits per heavy atom. The molecule has 1 aliphatic rings. The van der Waals surface area contributed by atoms with Crippen molar-refractivity contribution in [3.05, 3.63) is 65.7 Å². The largest absolute Gasteiger partial charge is 0.370 e. The van der Waals surface area contributed by atoms with E-state index in [-0.39, 0.29) is 5.91 Å². The third-order valence-corrected chi connectivity index (χ3v) is 4.07. The Bertz CT molecular complexity index is 702. The average molecular weight is 322 g/mol. The minimum atomic E-state index is 0.177. The summed E-state index contributed by atoms with van der Waals surface area (Å²) in [5.74, 6) is 0.554. The molecular weight excluding hydrogens is 300 g/mol. The molecule has 0 aromatic heterocycles. The summed E-state index contributed by atoms with van der Waals surface area (Å²) in [6.45, 7) is 1.98. The van der Waals surface area contributed by atoms with Gasteiger partial charge in [0, 0.05) is 31.7 Å². The number of carbonyl (C=O) groups is 1. The lowest BCUT2D eigenvalue weighted by atomic mass is 10.1. The van der Waals surface area contributed by atoms with E-state index < -0.39 is 0 Å². The molecule has 124 valence electrons. The molecule has 2 aromatic rings. The van der Waals surface area contributed by atoms with Crippen molar-refractivity contribution in [1.82, 2.24) is 4.90 Å². The Morgan fingerprint density at radius 2 is 1.67 bits per heavy atom. The fourth-order valence-corrected chi connectivity index (χ4v) is 2.81. The van der Waals surface area contributed by atoms with E-state index in [4.69, 9.17) is 5.73 Å². The van der Waals surface area contributed by atoms with Crippen LogP contribution in [-0.2, 0) is 17.9 Å². The molecule has 0 saturated heterocycles. The predicted molar refractivity (Wildman–Crippen MR) is 96.5 cm³/mol. The zero-order chi connectivity index (χ0) is 16.8. The van der Waals surface area contributed by atoms with Gasteiger partial charge in [0.05, 0.1) is 0 Å². The minimum Gasteiger partial charge on any atom is -0.370 e. The van der Waals surface area contributed by atoms with Crippen LogP contribution in [0, 0.1) is 0 Å². The fraction of sp³-hybridized carbons (Fsp3) is 0.263. The fourth-order valence-electron chi connectivity index (χ4n) is 2.81. The van der Waals surface area contributed by atoms with Crippen LogP contribution in [0.15, 0.2) is 59.6 Å². The van der Waals surface area contributed by atoms with E-state index >= 15 is 0 Å². The molecule has 5 nitrogen and oxygen atoms in total. The van der Waals surface area contributed by atoms with Crippen molar-refractivity contribution in [1.29, 1.82) is 0 Å². The number of anilines is 1. The van der Waals surface area contributed by atoms with Crippen LogP contribution in [0.5, 0.6) is 0 Å². The van der Waals surface area contributed by atoms with Crippen molar-refractivity contribution in [2.45, 2.75) is 25.9 Å². The van der Waals surface area contributed by atoms with E-state index in [2.05, 4.69) is 22.4 Å². The number of hydrogen-bond donors (Lipinski definition) is 2. The highest BCUT2D eigenvalue weighted by Crippen LogP contribution is 2.22. The first kappa shape index (κ1) is 16.1. The molecule has 0 atom stereocenters. The molecule has 1 heterocycles. The maximum absolute atomic E-state index is 12.3. The van der Waals surface area contributed by atoms with Gasteiger partial charge in [0.25, 0.3) is 0 Å². The summed E-state index contributed by atoms with van der Waals surface area (Å²) in [5, 5.41) is 3.03. The molecule has 3 N–H and O–H groups in total. The first-order valence-corrected chi connectivity index (χ1v) is 8.19. The number of amides is 1. The second-order valence-corrected chi connectivity index (χ2v) is 5.88. The number of carbonyl (C=O) groups excluding carboxylic acids is 1. The molecule has 24 heavy (non-hydrogen) atoms. The Morgan fingerprint density at radius 1 is 1.04 bits per heavy atom. The highest BCUT2D eigenvalue weighted by Gasteiger charge is 2.21. The van der Waals surface area contributed by atoms with Gasteiger partial charge in [0.1, 0.15) is 0 Å². The molecule has 0 radical (unpaired) electrons. The summed E-state index contributed by atoms with van der Waals surface area (Å²) in [5.41, 5.74) is 9.25. The quantitative estimate of drug-likeness (QED) is 0.505. The molecule has 0 aliphatic carbocycles. The molecule has 2 aromatic carbocycles. The Labute approximate surface area is 142 Å². The number of rotatable bonds is 5. The van der Waals surface area contributed by atoms with Crippen molar-refractivity contribution in [2.24, 2.45) is 10.7 Å². The molecule has 5 heteroatoms. The highest BCUT2D eigenvalue weighted by atomic mass is 16.2. The molecule has 0 fully saturated rings. The van der Waals surface area contributed by atoms with E-state index in [1.807, 2.05) is 47.4 Å². The minimum absolute atomic E-state index is 0.177. The Kier molecular flexibility index (Phi) is 5.11. The summed E-state index contributed by atoms with van der Waals surface area (Å²) < 4.78 is 0. The van der Waals surface area contributed by atoms with Crippen molar-refractivity contribution < 1.29 is 4.79 Å². The molecule has 1 aliphatic heterocycles. The van der Waals surface area contributed by atoms with Gasteiger partial charge >= 0.3 is 0 Å². The van der Waals surface area contributed by atoms with Gasteiger partial charge in [-0.2, -0.15) is 0 Å². The van der Waals surface area contributed by atoms with Crippen LogP contribution in [-0.4, -0.2) is 23.3 Å². The van der Waals surface area contributed by atoms with Gasteiger partial charge in [-0.15, -0.1) is 0 Å². The number of aliphatic imine (C=N–C) groups is 1. The van der Waals surface area contributed by atoms with Gasteiger partial charge in [0.15, 0.2) is 5.96 Å². The maximum atomic E-state index is 12.3. The normalized spacial score (nSPS) is 13.7. The number of fused-ring (bicyclic) bond motifs is 1. The van der Waals surface area contributed by atoms with Gasteiger partial charge in [-0.3, -0.25) is 9.79 Å². The van der Waals surface area contributed by atoms with Crippen molar-refractivity contribution in [2.75, 3.05) is 11.9 Å². The third kappa shape index (κ3) is 4.13. The van der Waals surface area contributed by atoms with Gasteiger partial charge in [0.2, 0.25) is 5.91 Å². The standard InChI is InChI=1S/C19H22N4O/c20-19(22-17-9-2-1-3-10-17)21-12-6-11-18(24)23-13-15-7-4-5-8-16(15)14-23/h1-5,7-10H,6,11-14H2,(H3,20,21,22). The number of hydrogen-bond acceptors (Lipinski definition) is 2. The maximum Gasteiger partial charge on any atom is 0.223 e. The lowest BCUT2D eigenvalue weighted by Gasteiger charge is -2.14. The predicted octanol–water partition coefficient (Wildman–Crippen LogP) is 2.74. The van der Waals surface area contributed by atoms with E-state index in [1.165, 1.54) is 11.1 Å². The third-order valence-electron chi connectivity index (χ3n) is 4.07. The number of nitrogens with one attached hydrogen (secondary N) is 1. The summed E-state index contributed by atoms with van der Waals surface area (Å²) in [6.07, 6.45) is 1.19. The summed E-state index contributed by atoms with van der Waals surface area (Å²) in [6, 6.07) is 17.9. The summed E-state index contributed by atoms with van der Waals surface area (Å²) >= 11 is 0. The molecule has 0 spiro atoms. The lowest BCUT2D eigenvalue weighted by molar-refractivity contribution is -0.131. The van der Waals surface area contributed by atoms with Crippen molar-refractivity contribution >= 4 is 17.6 Å². The van der Waals surface area contributed by atoms with Crippen molar-refractivity contribution in [3.8, 4) is 0 Å². The van der Waals surface area contributed by atoms with E-state index in [0.717, 1.165) is 18.8 Å². The smallest absolute Gasteiger partial charge is 0.223 e. The Hall–Kier alpha value is -2.82. The summed E-state index contributed by atoms with van der Waals surface area (Å²) in [7, 11) is 0. The van der Waals surface area contributed by atoms with Crippen LogP contribution in [0.2, 0.25) is 0 Å². The molecule has 0 saturated carbocycles. The van der Waals surface area contributed by atoms with Gasteiger partial charge < -0.3 is 16.0 Å². The van der Waals surface area contributed by atoms with Crippen LogP contribution in [0.25, 0.3) is 0 Å². The average Bonchev–Trinajstić information content (AvgIpc) is 3.04. The molecule has 3 rings (SSSR count). The topological polar surface area (TPSA) is 70.7 Å². The van der Waals surface area contributed by atoms with Gasteiger partial charge in [-0.25, -0.2) is 0 Å². The summed E-state index contributed by atoms with van der Waals surface area (Å²) in [4.78, 5) is 18.5. The van der Waals surface area contributed by atoms with Gasteiger partial charge in [-0.05, 0) is 29.7 Å². The molecular formula is C19H22N4O. The van der Waals surface area contributed by atoms with Crippen LogP contribution in [0.3, 0.4) is 0 Å². The first-order chi connectivity index (χ1) is 11.7. The number of para-hydroxylation sites is 1. The van der Waals surface area contributed by atoms with Crippen LogP contribution in [0.1, 0.15) is 24.0 Å². The second-order valence-electron chi connectivity index (χ2n) is 5.88. The number of benzene rings is 2. The van der Waals surface area contributed by atoms with Crippen molar-refractivity contribution in [3.63, 3.8) is 0 Å². The van der Waals surface area contributed by atoms with Gasteiger partial charge in [-0.1, -0.05) is 42.5 Å². The van der Waals surface area contributed by atoms with E-state index in [0.29, 0.717) is 25.3 Å². The molecule has 0 unspecified atom stereocenters. The van der Waals surface area contributed by atoms with E-state index in [9.17, 15) is 4.79 Å².